The molecule has 0 bridgehead atoms. The molecule has 2 aromatic heterocycles. The first-order valence-corrected chi connectivity index (χ1v) is 7.18. The van der Waals surface area contributed by atoms with Crippen LogP contribution >= 0.6 is 27.3 Å². The SMILES string of the molecule is Cc1csc(CCNc2ncc(Br)cc2[N+](=O)[O-])n1. The second kappa shape index (κ2) is 6.07. The molecule has 8 heteroatoms. The van der Waals surface area contributed by atoms with Gasteiger partial charge in [-0.05, 0) is 22.9 Å². The van der Waals surface area contributed by atoms with E-state index in [1.165, 1.54) is 12.3 Å². The molecule has 0 aliphatic rings. The van der Waals surface area contributed by atoms with Gasteiger partial charge in [-0.1, -0.05) is 0 Å². The van der Waals surface area contributed by atoms with Crippen molar-refractivity contribution in [3.63, 3.8) is 0 Å². The maximum Gasteiger partial charge on any atom is 0.312 e. The highest BCUT2D eigenvalue weighted by molar-refractivity contribution is 9.10. The summed E-state index contributed by atoms with van der Waals surface area (Å²) >= 11 is 4.75. The predicted octanol–water partition coefficient (Wildman–Crippen LogP) is 3.17. The highest BCUT2D eigenvalue weighted by atomic mass is 79.9. The predicted molar refractivity (Wildman–Crippen MR) is 77.6 cm³/mol. The lowest BCUT2D eigenvalue weighted by Gasteiger charge is -2.05. The smallest absolute Gasteiger partial charge is 0.312 e. The van der Waals surface area contributed by atoms with Crippen LogP contribution in [0.4, 0.5) is 11.5 Å². The van der Waals surface area contributed by atoms with E-state index in [-0.39, 0.29) is 11.5 Å². The van der Waals surface area contributed by atoms with Crippen molar-refractivity contribution in [3.05, 3.63) is 42.9 Å². The minimum Gasteiger partial charge on any atom is -0.364 e. The number of nitro groups is 1. The van der Waals surface area contributed by atoms with Crippen molar-refractivity contribution < 1.29 is 4.92 Å². The van der Waals surface area contributed by atoms with Crippen LogP contribution in [-0.2, 0) is 6.42 Å². The van der Waals surface area contributed by atoms with E-state index in [2.05, 4.69) is 31.2 Å². The number of nitrogens with zero attached hydrogens (tertiary/aromatic N) is 3. The lowest BCUT2D eigenvalue weighted by Crippen LogP contribution is -2.08. The minimum absolute atomic E-state index is 0.0373. The summed E-state index contributed by atoms with van der Waals surface area (Å²) in [6.45, 7) is 2.50. The number of nitrogens with one attached hydrogen (secondary N) is 1. The lowest BCUT2D eigenvalue weighted by atomic mass is 10.3. The summed E-state index contributed by atoms with van der Waals surface area (Å²) in [5.41, 5.74) is 0.956. The van der Waals surface area contributed by atoms with E-state index in [0.29, 0.717) is 17.4 Å². The molecule has 0 fully saturated rings. The van der Waals surface area contributed by atoms with E-state index in [9.17, 15) is 10.1 Å². The molecule has 0 aliphatic carbocycles. The van der Waals surface area contributed by atoms with Crippen LogP contribution in [0.1, 0.15) is 10.7 Å². The fourth-order valence-electron chi connectivity index (χ4n) is 1.51. The molecule has 19 heavy (non-hydrogen) atoms. The zero-order chi connectivity index (χ0) is 13.8. The van der Waals surface area contributed by atoms with Gasteiger partial charge in [0.15, 0.2) is 0 Å². The Hall–Kier alpha value is -1.54. The Kier molecular flexibility index (Phi) is 4.43. The third kappa shape index (κ3) is 3.71. The molecule has 0 aromatic carbocycles. The normalized spacial score (nSPS) is 10.4. The molecule has 0 radical (unpaired) electrons. The van der Waals surface area contributed by atoms with Gasteiger partial charge in [0.25, 0.3) is 0 Å². The summed E-state index contributed by atoms with van der Waals surface area (Å²) < 4.78 is 0.584. The molecular formula is C11H11BrN4O2S. The average molecular weight is 343 g/mol. The van der Waals surface area contributed by atoms with Gasteiger partial charge in [0.05, 0.1) is 9.93 Å². The summed E-state index contributed by atoms with van der Waals surface area (Å²) in [5.74, 6) is 0.279. The van der Waals surface area contributed by atoms with Crippen LogP contribution in [0, 0.1) is 17.0 Å². The van der Waals surface area contributed by atoms with E-state index in [1.807, 2.05) is 12.3 Å². The monoisotopic (exact) mass is 342 g/mol. The summed E-state index contributed by atoms with van der Waals surface area (Å²) in [7, 11) is 0. The molecule has 0 unspecified atom stereocenters. The summed E-state index contributed by atoms with van der Waals surface area (Å²) in [6, 6.07) is 1.43. The average Bonchev–Trinajstić information content (AvgIpc) is 2.77. The maximum absolute atomic E-state index is 10.9. The number of pyridine rings is 1. The molecule has 0 spiro atoms. The molecule has 0 atom stereocenters. The van der Waals surface area contributed by atoms with Gasteiger partial charge >= 0.3 is 5.69 Å². The van der Waals surface area contributed by atoms with Gasteiger partial charge in [-0.3, -0.25) is 10.1 Å². The number of thiazole rings is 1. The van der Waals surface area contributed by atoms with E-state index in [0.717, 1.165) is 10.7 Å². The molecule has 2 aromatic rings. The fraction of sp³-hybridized carbons (Fsp3) is 0.273. The Bertz CT molecular complexity index is 602. The molecular weight excluding hydrogens is 332 g/mol. The Morgan fingerprint density at radius 1 is 1.58 bits per heavy atom. The Morgan fingerprint density at radius 2 is 2.37 bits per heavy atom. The zero-order valence-electron chi connectivity index (χ0n) is 10.1. The Labute approximate surface area is 122 Å². The first-order chi connectivity index (χ1) is 9.06. The van der Waals surface area contributed by atoms with Crippen molar-refractivity contribution in [1.29, 1.82) is 0 Å². The molecule has 2 rings (SSSR count). The van der Waals surface area contributed by atoms with Gasteiger partial charge in [-0.25, -0.2) is 9.97 Å². The van der Waals surface area contributed by atoms with Crippen LogP contribution in [0.3, 0.4) is 0 Å². The van der Waals surface area contributed by atoms with Gasteiger partial charge in [-0.15, -0.1) is 11.3 Å². The van der Waals surface area contributed by atoms with Crippen molar-refractivity contribution >= 4 is 38.8 Å². The first kappa shape index (κ1) is 13.9. The highest BCUT2D eigenvalue weighted by Crippen LogP contribution is 2.25. The van der Waals surface area contributed by atoms with Crippen LogP contribution < -0.4 is 5.32 Å². The van der Waals surface area contributed by atoms with Crippen molar-refractivity contribution in [1.82, 2.24) is 9.97 Å². The molecule has 0 saturated carbocycles. The number of anilines is 1. The fourth-order valence-corrected chi connectivity index (χ4v) is 2.60. The van der Waals surface area contributed by atoms with Gasteiger partial charge in [0.1, 0.15) is 0 Å². The Morgan fingerprint density at radius 3 is 3.00 bits per heavy atom. The van der Waals surface area contributed by atoms with Crippen molar-refractivity contribution in [2.45, 2.75) is 13.3 Å². The number of hydrogen-bond donors (Lipinski definition) is 1. The van der Waals surface area contributed by atoms with Gasteiger partial charge in [-0.2, -0.15) is 0 Å². The number of aromatic nitrogens is 2. The number of aryl methyl sites for hydroxylation is 1. The molecule has 6 nitrogen and oxygen atoms in total. The zero-order valence-corrected chi connectivity index (χ0v) is 12.5. The lowest BCUT2D eigenvalue weighted by molar-refractivity contribution is -0.384. The van der Waals surface area contributed by atoms with Crippen LogP contribution in [0.5, 0.6) is 0 Å². The van der Waals surface area contributed by atoms with E-state index >= 15 is 0 Å². The highest BCUT2D eigenvalue weighted by Gasteiger charge is 2.15. The van der Waals surface area contributed by atoms with Crippen molar-refractivity contribution in [2.24, 2.45) is 0 Å². The van der Waals surface area contributed by atoms with Gasteiger partial charge in [0.2, 0.25) is 5.82 Å². The number of halogens is 1. The van der Waals surface area contributed by atoms with Crippen LogP contribution in [0.25, 0.3) is 0 Å². The topological polar surface area (TPSA) is 81.0 Å². The van der Waals surface area contributed by atoms with E-state index in [1.54, 1.807) is 11.3 Å². The standard InChI is InChI=1S/C11H11BrN4O2S/c1-7-6-19-10(15-7)2-3-13-11-9(16(17)18)4-8(12)5-14-11/h4-6H,2-3H2,1H3,(H,13,14). The van der Waals surface area contributed by atoms with Gasteiger partial charge in [0, 0.05) is 40.8 Å². The largest absolute Gasteiger partial charge is 0.364 e. The molecule has 0 aliphatic heterocycles. The Balaban J connectivity index is 2.01. The van der Waals surface area contributed by atoms with Crippen LogP contribution in [-0.4, -0.2) is 21.4 Å². The third-order valence-corrected chi connectivity index (χ3v) is 3.79. The van der Waals surface area contributed by atoms with E-state index in [4.69, 9.17) is 0 Å². The molecule has 1 N–H and O–H groups in total. The minimum atomic E-state index is -0.451. The van der Waals surface area contributed by atoms with Gasteiger partial charge < -0.3 is 5.32 Å². The van der Waals surface area contributed by atoms with E-state index < -0.39 is 4.92 Å². The molecule has 100 valence electrons. The van der Waals surface area contributed by atoms with Crippen LogP contribution in [0.2, 0.25) is 0 Å². The van der Waals surface area contributed by atoms with Crippen LogP contribution in [0.15, 0.2) is 22.1 Å². The van der Waals surface area contributed by atoms with Crippen molar-refractivity contribution in [2.75, 3.05) is 11.9 Å². The maximum atomic E-state index is 10.9. The first-order valence-electron chi connectivity index (χ1n) is 5.51. The number of hydrogen-bond acceptors (Lipinski definition) is 6. The molecule has 2 heterocycles. The molecule has 0 amide bonds. The van der Waals surface area contributed by atoms with Crippen molar-refractivity contribution in [3.8, 4) is 0 Å². The second-order valence-electron chi connectivity index (χ2n) is 3.84. The summed E-state index contributed by atoms with van der Waals surface area (Å²) in [5, 5.41) is 16.9. The molecule has 0 saturated heterocycles. The summed E-state index contributed by atoms with van der Waals surface area (Å²) in [4.78, 5) is 18.8. The number of rotatable bonds is 5. The second-order valence-corrected chi connectivity index (χ2v) is 5.70. The quantitative estimate of drug-likeness (QED) is 0.666. The summed E-state index contributed by atoms with van der Waals surface area (Å²) in [6.07, 6.45) is 2.25. The third-order valence-electron chi connectivity index (χ3n) is 2.33.